The Morgan fingerprint density at radius 3 is 2.64 bits per heavy atom. The van der Waals surface area contributed by atoms with Crippen LogP contribution in [-0.2, 0) is 20.9 Å². The molecule has 2 unspecified atom stereocenters. The number of esters is 1. The topological polar surface area (TPSA) is 46.6 Å². The van der Waals surface area contributed by atoms with Crippen LogP contribution in [0.3, 0.4) is 0 Å². The first kappa shape index (κ1) is 17.3. The van der Waals surface area contributed by atoms with Crippen molar-refractivity contribution in [3.05, 3.63) is 22.4 Å². The Morgan fingerprint density at radius 2 is 2.04 bits per heavy atom. The molecule has 4 nitrogen and oxygen atoms in total. The number of amides is 1. The smallest absolute Gasteiger partial charge is 0.312 e. The van der Waals surface area contributed by atoms with Gasteiger partial charge in [-0.15, -0.1) is 11.6 Å². The van der Waals surface area contributed by atoms with Crippen molar-refractivity contribution in [3.63, 3.8) is 0 Å². The lowest BCUT2D eigenvalue weighted by molar-refractivity contribution is -0.173. The van der Waals surface area contributed by atoms with Gasteiger partial charge in [0, 0.05) is 18.5 Å². The Hall–Kier alpha value is -1.07. The second-order valence-electron chi connectivity index (χ2n) is 8.35. The number of carbonyl (C=O) groups excluding carboxylic acids is 2. The minimum Gasteiger partial charge on any atom is -0.455 e. The van der Waals surface area contributed by atoms with Crippen LogP contribution in [0.25, 0.3) is 0 Å². The first-order valence-corrected chi connectivity index (χ1v) is 10.3. The Morgan fingerprint density at radius 1 is 1.32 bits per heavy atom. The third kappa shape index (κ3) is 3.33. The normalized spacial score (nSPS) is 35.6. The first-order valence-electron chi connectivity index (χ1n) is 8.99. The summed E-state index contributed by atoms with van der Waals surface area (Å²) in [6.07, 6.45) is 5.74. The molecule has 0 aromatic carbocycles. The maximum absolute atomic E-state index is 12.8. The highest BCUT2D eigenvalue weighted by atomic mass is 35.5. The monoisotopic (exact) mass is 381 g/mol. The second kappa shape index (κ2) is 6.27. The van der Waals surface area contributed by atoms with E-state index in [9.17, 15) is 9.59 Å². The highest BCUT2D eigenvalue weighted by molar-refractivity contribution is 7.07. The lowest BCUT2D eigenvalue weighted by Gasteiger charge is -2.58. The fourth-order valence-corrected chi connectivity index (χ4v) is 6.88. The predicted octanol–water partition coefficient (Wildman–Crippen LogP) is 3.83. The van der Waals surface area contributed by atoms with Gasteiger partial charge in [0.2, 0.25) is 0 Å². The van der Waals surface area contributed by atoms with E-state index in [4.69, 9.17) is 16.3 Å². The number of alkyl halides is 1. The van der Waals surface area contributed by atoms with Gasteiger partial charge in [-0.2, -0.15) is 11.3 Å². The summed E-state index contributed by atoms with van der Waals surface area (Å²) < 4.78 is 5.49. The summed E-state index contributed by atoms with van der Waals surface area (Å²) in [5.41, 5.74) is 0.648. The number of hydrogen-bond donors (Lipinski definition) is 0. The molecule has 0 N–H and O–H groups in total. The van der Waals surface area contributed by atoms with E-state index in [-0.39, 0.29) is 23.4 Å². The number of halogens is 1. The number of nitrogens with zero attached hydrogens (tertiary/aromatic N) is 1. The number of ether oxygens (including phenoxy) is 1. The van der Waals surface area contributed by atoms with E-state index in [0.29, 0.717) is 24.8 Å². The van der Waals surface area contributed by atoms with Crippen molar-refractivity contribution in [2.45, 2.75) is 49.9 Å². The van der Waals surface area contributed by atoms with Gasteiger partial charge in [-0.1, -0.05) is 0 Å². The maximum atomic E-state index is 12.8. The highest BCUT2D eigenvalue weighted by Crippen LogP contribution is 2.64. The van der Waals surface area contributed by atoms with E-state index < -0.39 is 5.41 Å². The molecule has 5 rings (SSSR count). The molecule has 1 aromatic rings. The van der Waals surface area contributed by atoms with Gasteiger partial charge in [-0.25, -0.2) is 0 Å². The number of carbonyl (C=O) groups is 2. The molecule has 0 saturated heterocycles. The van der Waals surface area contributed by atoms with E-state index in [1.54, 1.807) is 23.3 Å². The Kier molecular flexibility index (Phi) is 4.35. The zero-order chi connectivity index (χ0) is 17.7. The SMILES string of the molecule is CN(Cc1ccsc1)C(=O)COC(=O)C12C[C@@H]3C[C@@H](CC(Cl)(C3)C1)C2. The van der Waals surface area contributed by atoms with Crippen molar-refractivity contribution in [1.29, 1.82) is 0 Å². The molecule has 4 aliphatic rings. The van der Waals surface area contributed by atoms with Gasteiger partial charge in [-0.05, 0) is 72.8 Å². The zero-order valence-electron chi connectivity index (χ0n) is 14.5. The molecule has 4 fully saturated rings. The fourth-order valence-electron chi connectivity index (χ4n) is 5.52. The van der Waals surface area contributed by atoms with Crippen molar-refractivity contribution in [1.82, 2.24) is 4.90 Å². The van der Waals surface area contributed by atoms with Crippen molar-refractivity contribution < 1.29 is 14.3 Å². The summed E-state index contributed by atoms with van der Waals surface area (Å²) in [6, 6.07) is 2.00. The lowest BCUT2D eigenvalue weighted by Crippen LogP contribution is -2.56. The molecule has 1 amide bonds. The molecule has 1 heterocycles. The van der Waals surface area contributed by atoms with Gasteiger partial charge in [0.1, 0.15) is 0 Å². The average Bonchev–Trinajstić information content (AvgIpc) is 3.02. The number of rotatable bonds is 5. The molecule has 4 aliphatic carbocycles. The molecule has 4 saturated carbocycles. The molecule has 0 radical (unpaired) electrons. The quantitative estimate of drug-likeness (QED) is 0.575. The molecular formula is C19H24ClNO3S. The Labute approximate surface area is 157 Å². The fraction of sp³-hybridized carbons (Fsp3) is 0.684. The van der Waals surface area contributed by atoms with Crippen LogP contribution in [0.5, 0.6) is 0 Å². The van der Waals surface area contributed by atoms with Gasteiger partial charge in [0.15, 0.2) is 6.61 Å². The number of likely N-dealkylation sites (N-methyl/N-ethyl adjacent to an activating group) is 1. The minimum absolute atomic E-state index is 0.162. The van der Waals surface area contributed by atoms with E-state index in [1.165, 1.54) is 6.42 Å². The summed E-state index contributed by atoms with van der Waals surface area (Å²) in [5.74, 6) is 0.723. The second-order valence-corrected chi connectivity index (χ2v) is 9.93. The van der Waals surface area contributed by atoms with Crippen LogP contribution in [0, 0.1) is 17.3 Å². The van der Waals surface area contributed by atoms with Crippen LogP contribution in [0.4, 0.5) is 0 Å². The third-order valence-electron chi connectivity index (χ3n) is 6.18. The molecule has 25 heavy (non-hydrogen) atoms. The van der Waals surface area contributed by atoms with E-state index >= 15 is 0 Å². The standard InChI is InChI=1S/C19H24ClNO3S/c1-21(9-13-2-3-25-11-13)16(22)10-24-17(23)18-5-14-4-15(6-18)8-19(20,7-14)12-18/h2-3,11,14-15H,4-10,12H2,1H3/t14-,15+,18?,19?. The number of thiophene rings is 1. The summed E-state index contributed by atoms with van der Waals surface area (Å²) >= 11 is 8.38. The van der Waals surface area contributed by atoms with E-state index in [1.807, 2.05) is 16.8 Å². The van der Waals surface area contributed by atoms with Gasteiger partial charge in [-0.3, -0.25) is 9.59 Å². The van der Waals surface area contributed by atoms with Crippen LogP contribution in [0.2, 0.25) is 0 Å². The largest absolute Gasteiger partial charge is 0.455 e. The van der Waals surface area contributed by atoms with Crippen LogP contribution >= 0.6 is 22.9 Å². The molecule has 0 spiro atoms. The maximum Gasteiger partial charge on any atom is 0.312 e. The molecule has 136 valence electrons. The van der Waals surface area contributed by atoms with Crippen LogP contribution in [0.15, 0.2) is 16.8 Å². The van der Waals surface area contributed by atoms with Crippen LogP contribution < -0.4 is 0 Å². The number of hydrogen-bond acceptors (Lipinski definition) is 4. The van der Waals surface area contributed by atoms with E-state index in [0.717, 1.165) is 31.2 Å². The van der Waals surface area contributed by atoms with E-state index in [2.05, 4.69) is 0 Å². The van der Waals surface area contributed by atoms with Gasteiger partial charge in [0.05, 0.1) is 5.41 Å². The Balaban J connectivity index is 1.35. The molecule has 4 bridgehead atoms. The lowest BCUT2D eigenvalue weighted by atomic mass is 9.49. The highest BCUT2D eigenvalue weighted by Gasteiger charge is 2.60. The van der Waals surface area contributed by atoms with Gasteiger partial charge >= 0.3 is 5.97 Å². The van der Waals surface area contributed by atoms with Crippen LogP contribution in [0.1, 0.15) is 44.1 Å². The molecule has 0 aliphatic heterocycles. The van der Waals surface area contributed by atoms with Crippen molar-refractivity contribution in [2.75, 3.05) is 13.7 Å². The molecule has 1 aromatic heterocycles. The van der Waals surface area contributed by atoms with Crippen molar-refractivity contribution in [3.8, 4) is 0 Å². The summed E-state index contributed by atoms with van der Waals surface area (Å²) in [6.45, 7) is 0.367. The average molecular weight is 382 g/mol. The molecule has 6 heteroatoms. The van der Waals surface area contributed by atoms with Crippen LogP contribution in [-0.4, -0.2) is 35.3 Å². The third-order valence-corrected chi connectivity index (χ3v) is 7.35. The summed E-state index contributed by atoms with van der Waals surface area (Å²) in [7, 11) is 1.74. The minimum atomic E-state index is -0.446. The van der Waals surface area contributed by atoms with Gasteiger partial charge < -0.3 is 9.64 Å². The van der Waals surface area contributed by atoms with Crippen molar-refractivity contribution >= 4 is 34.8 Å². The molecule has 4 atom stereocenters. The Bertz CT molecular complexity index is 660. The summed E-state index contributed by atoms with van der Waals surface area (Å²) in [4.78, 5) is 26.5. The molecular weight excluding hydrogens is 358 g/mol. The first-order chi connectivity index (χ1) is 11.9. The zero-order valence-corrected chi connectivity index (χ0v) is 16.1. The predicted molar refractivity (Wildman–Crippen MR) is 97.5 cm³/mol. The van der Waals surface area contributed by atoms with Crippen molar-refractivity contribution in [2.24, 2.45) is 17.3 Å². The summed E-state index contributed by atoms with van der Waals surface area (Å²) in [5, 5.41) is 4.01. The van der Waals surface area contributed by atoms with Gasteiger partial charge in [0.25, 0.3) is 5.91 Å².